The summed E-state index contributed by atoms with van der Waals surface area (Å²) in [7, 11) is 0. The van der Waals surface area contributed by atoms with E-state index < -0.39 is 42.0 Å². The van der Waals surface area contributed by atoms with E-state index in [0.717, 1.165) is 21.6 Å². The van der Waals surface area contributed by atoms with Crippen molar-refractivity contribution in [3.8, 4) is 0 Å². The number of hydrogen-bond acceptors (Lipinski definition) is 6. The smallest absolute Gasteiger partial charge is 0.328 e. The van der Waals surface area contributed by atoms with Crippen LogP contribution in [0.4, 0.5) is 4.79 Å². The van der Waals surface area contributed by atoms with Gasteiger partial charge in [0, 0.05) is 6.54 Å². The van der Waals surface area contributed by atoms with Crippen molar-refractivity contribution >= 4 is 36.3 Å². The monoisotopic (exact) mass is 593 g/mol. The van der Waals surface area contributed by atoms with Gasteiger partial charge in [-0.25, -0.2) is 14.5 Å². The van der Waals surface area contributed by atoms with Gasteiger partial charge in [-0.3, -0.25) is 14.9 Å². The topological polar surface area (TPSA) is 116 Å². The lowest BCUT2D eigenvalue weighted by Gasteiger charge is -2.27. The first kappa shape index (κ1) is 32.3. The Hall–Kier alpha value is -4.21. The summed E-state index contributed by atoms with van der Waals surface area (Å²) in [5.41, 5.74) is 2.68. The second-order valence-corrected chi connectivity index (χ2v) is 10.0. The maximum Gasteiger partial charge on any atom is 0.328 e. The molecule has 42 heavy (non-hydrogen) atoms. The number of carboxylic acids is 1. The largest absolute Gasteiger partial charge is 0.480 e. The number of aliphatic carboxylic acids is 1. The van der Waals surface area contributed by atoms with Gasteiger partial charge >= 0.3 is 18.0 Å². The number of esters is 1. The van der Waals surface area contributed by atoms with Gasteiger partial charge in [0.2, 0.25) is 5.91 Å². The van der Waals surface area contributed by atoms with Crippen molar-refractivity contribution in [2.75, 3.05) is 6.54 Å². The number of urea groups is 1. The molecule has 10 heteroatoms. The van der Waals surface area contributed by atoms with E-state index >= 15 is 0 Å². The highest BCUT2D eigenvalue weighted by Crippen LogP contribution is 2.22. The van der Waals surface area contributed by atoms with E-state index in [4.69, 9.17) is 4.74 Å². The van der Waals surface area contributed by atoms with E-state index in [2.05, 4.69) is 5.32 Å². The summed E-state index contributed by atoms with van der Waals surface area (Å²) < 4.78 is 5.60. The minimum Gasteiger partial charge on any atom is -0.480 e. The average molecular weight is 594 g/mol. The quantitative estimate of drug-likeness (QED) is 0.282. The molecule has 9 nitrogen and oxygen atoms in total. The van der Waals surface area contributed by atoms with E-state index in [9.17, 15) is 24.3 Å². The number of imide groups is 1. The number of nitrogens with zero attached hydrogens (tertiary/aromatic N) is 2. The summed E-state index contributed by atoms with van der Waals surface area (Å²) in [4.78, 5) is 54.6. The zero-order valence-electron chi connectivity index (χ0n) is 23.4. The molecule has 3 aromatic rings. The zero-order valence-corrected chi connectivity index (χ0v) is 24.2. The normalized spacial score (nSPS) is 15.9. The third-order valence-electron chi connectivity index (χ3n) is 7.10. The molecule has 0 spiro atoms. The fraction of sp³-hybridized carbons (Fsp3) is 0.312. The van der Waals surface area contributed by atoms with Gasteiger partial charge < -0.3 is 14.7 Å². The van der Waals surface area contributed by atoms with E-state index in [1.165, 1.54) is 4.90 Å². The number of carboxylic acid groups (broad SMARTS) is 1. The van der Waals surface area contributed by atoms with Crippen molar-refractivity contribution in [2.45, 2.75) is 57.5 Å². The molecule has 3 atom stereocenters. The number of benzene rings is 3. The Morgan fingerprint density at radius 1 is 0.881 bits per heavy atom. The lowest BCUT2D eigenvalue weighted by molar-refractivity contribution is -0.150. The predicted molar refractivity (Wildman–Crippen MR) is 160 cm³/mol. The SMILES string of the molecule is CC[C@@H](N[C@@H](CCc1ccccc1)C(=O)OCc1ccccc1)C(=O)N1C(=O)N(Cc2ccccc2)C[C@H]1C(=O)O.Cl. The van der Waals surface area contributed by atoms with E-state index in [1.54, 1.807) is 6.92 Å². The molecular weight excluding hydrogens is 558 g/mol. The number of carbonyl (C=O) groups excluding carboxylic acids is 3. The molecule has 1 aliphatic heterocycles. The molecule has 4 rings (SSSR count). The summed E-state index contributed by atoms with van der Waals surface area (Å²) in [6, 6.07) is 24.3. The summed E-state index contributed by atoms with van der Waals surface area (Å²) in [6.45, 7) is 1.88. The maximum atomic E-state index is 13.7. The lowest BCUT2D eigenvalue weighted by Crippen LogP contribution is -2.55. The van der Waals surface area contributed by atoms with Crippen molar-refractivity contribution in [3.05, 3.63) is 108 Å². The predicted octanol–water partition coefficient (Wildman–Crippen LogP) is 4.44. The molecule has 0 aromatic heterocycles. The fourth-order valence-electron chi connectivity index (χ4n) is 4.86. The van der Waals surface area contributed by atoms with Gasteiger partial charge in [0.25, 0.3) is 0 Å². The highest BCUT2D eigenvalue weighted by Gasteiger charge is 2.47. The summed E-state index contributed by atoms with van der Waals surface area (Å²) in [5.74, 6) is -2.47. The molecule has 0 unspecified atom stereocenters. The fourth-order valence-corrected chi connectivity index (χ4v) is 4.86. The second kappa shape index (κ2) is 15.7. The van der Waals surface area contributed by atoms with Crippen LogP contribution in [0.15, 0.2) is 91.0 Å². The first-order valence-corrected chi connectivity index (χ1v) is 13.8. The van der Waals surface area contributed by atoms with Crippen LogP contribution in [0.1, 0.15) is 36.5 Å². The van der Waals surface area contributed by atoms with Crippen LogP contribution in [0.3, 0.4) is 0 Å². The molecule has 2 N–H and O–H groups in total. The molecule has 1 saturated heterocycles. The highest BCUT2D eigenvalue weighted by molar-refractivity contribution is 6.03. The Morgan fingerprint density at radius 2 is 1.43 bits per heavy atom. The minimum absolute atomic E-state index is 0. The molecule has 0 bridgehead atoms. The average Bonchev–Trinajstić information content (AvgIpc) is 3.33. The Balaban J connectivity index is 0.00000484. The van der Waals surface area contributed by atoms with Crippen LogP contribution >= 0.6 is 12.4 Å². The molecule has 0 aliphatic carbocycles. The molecule has 1 heterocycles. The van der Waals surface area contributed by atoms with Gasteiger partial charge in [-0.15, -0.1) is 12.4 Å². The number of nitrogens with one attached hydrogen (secondary N) is 1. The third kappa shape index (κ3) is 8.41. The van der Waals surface area contributed by atoms with Crippen molar-refractivity contribution in [1.82, 2.24) is 15.1 Å². The lowest BCUT2D eigenvalue weighted by atomic mass is 10.0. The first-order valence-electron chi connectivity index (χ1n) is 13.8. The van der Waals surface area contributed by atoms with Crippen LogP contribution in [-0.4, -0.2) is 63.5 Å². The molecule has 0 saturated carbocycles. The minimum atomic E-state index is -1.33. The molecule has 222 valence electrons. The Morgan fingerprint density at radius 3 is 1.98 bits per heavy atom. The van der Waals surface area contributed by atoms with Crippen LogP contribution < -0.4 is 5.32 Å². The second-order valence-electron chi connectivity index (χ2n) is 10.0. The first-order chi connectivity index (χ1) is 19.9. The number of halogens is 1. The highest BCUT2D eigenvalue weighted by atomic mass is 35.5. The number of rotatable bonds is 13. The van der Waals surface area contributed by atoms with E-state index in [0.29, 0.717) is 12.8 Å². The third-order valence-corrected chi connectivity index (χ3v) is 7.10. The van der Waals surface area contributed by atoms with Gasteiger partial charge in [-0.1, -0.05) is 97.9 Å². The standard InChI is InChI=1S/C32H35N3O6.ClH/c1-2-26(29(36)35-28(30(37)38)21-34(32(35)40)20-24-14-8-4-9-15-24)33-27(19-18-23-12-6-3-7-13-23)31(39)41-22-25-16-10-5-11-17-25;/h3-17,26-28,33H,2,18-22H2,1H3,(H,37,38);1H/t26-,27+,28+;/m1./s1. The summed E-state index contributed by atoms with van der Waals surface area (Å²) in [6.07, 6.45) is 1.13. The molecule has 1 fully saturated rings. The molecule has 3 aromatic carbocycles. The van der Waals surface area contributed by atoms with Crippen LogP contribution in [-0.2, 0) is 38.7 Å². The number of ether oxygens (including phenoxy) is 1. The van der Waals surface area contributed by atoms with Crippen molar-refractivity contribution in [1.29, 1.82) is 0 Å². The number of amides is 3. The van der Waals surface area contributed by atoms with Crippen LogP contribution in [0.25, 0.3) is 0 Å². The summed E-state index contributed by atoms with van der Waals surface area (Å²) in [5, 5.41) is 13.0. The molecular formula is C32H36ClN3O6. The summed E-state index contributed by atoms with van der Waals surface area (Å²) >= 11 is 0. The van der Waals surface area contributed by atoms with Crippen LogP contribution in [0.5, 0.6) is 0 Å². The van der Waals surface area contributed by atoms with Crippen LogP contribution in [0.2, 0.25) is 0 Å². The molecule has 0 radical (unpaired) electrons. The van der Waals surface area contributed by atoms with Crippen LogP contribution in [0, 0.1) is 0 Å². The maximum absolute atomic E-state index is 13.7. The molecule has 1 aliphatic rings. The number of aryl methyl sites for hydroxylation is 1. The van der Waals surface area contributed by atoms with Crippen molar-refractivity contribution < 1.29 is 29.0 Å². The van der Waals surface area contributed by atoms with Crippen molar-refractivity contribution in [3.63, 3.8) is 0 Å². The van der Waals surface area contributed by atoms with Gasteiger partial charge in [0.1, 0.15) is 12.6 Å². The van der Waals surface area contributed by atoms with Gasteiger partial charge in [-0.05, 0) is 36.0 Å². The Bertz CT molecular complexity index is 1330. The number of hydrogen-bond donors (Lipinski definition) is 2. The van der Waals surface area contributed by atoms with E-state index in [-0.39, 0.29) is 38.5 Å². The van der Waals surface area contributed by atoms with Gasteiger partial charge in [-0.2, -0.15) is 0 Å². The molecule has 3 amide bonds. The Labute approximate surface area is 251 Å². The Kier molecular flexibility index (Phi) is 12.1. The zero-order chi connectivity index (χ0) is 29.2. The number of carbonyl (C=O) groups is 4. The van der Waals surface area contributed by atoms with Gasteiger partial charge in [0.05, 0.1) is 12.6 Å². The van der Waals surface area contributed by atoms with Gasteiger partial charge in [0.15, 0.2) is 6.04 Å². The van der Waals surface area contributed by atoms with Crippen molar-refractivity contribution in [2.24, 2.45) is 0 Å². The van der Waals surface area contributed by atoms with E-state index in [1.807, 2.05) is 91.0 Å².